The zero-order chi connectivity index (χ0) is 16.2. The van der Waals surface area contributed by atoms with Gasteiger partial charge in [0.2, 0.25) is 0 Å². The standard InChI is InChI=1S/C19H26FNO2/c20-16-7-3-6-15(12-16)18(13-4-1-2-5-13)21-17-10-8-14(9-11-17)19(22)23/h3,6-7,12-14,17-18,21H,1-2,4-5,8-11H2,(H,22,23). The van der Waals surface area contributed by atoms with Crippen LogP contribution in [0.2, 0.25) is 0 Å². The molecule has 0 heterocycles. The van der Waals surface area contributed by atoms with Crippen LogP contribution in [-0.2, 0) is 4.79 Å². The van der Waals surface area contributed by atoms with Gasteiger partial charge < -0.3 is 10.4 Å². The van der Waals surface area contributed by atoms with E-state index in [4.69, 9.17) is 5.11 Å². The molecule has 1 unspecified atom stereocenters. The van der Waals surface area contributed by atoms with Crippen LogP contribution in [-0.4, -0.2) is 17.1 Å². The quantitative estimate of drug-likeness (QED) is 0.851. The Labute approximate surface area is 137 Å². The predicted molar refractivity (Wildman–Crippen MR) is 87.6 cm³/mol. The highest BCUT2D eigenvalue weighted by atomic mass is 19.1. The molecule has 2 aliphatic rings. The zero-order valence-corrected chi connectivity index (χ0v) is 13.5. The molecule has 3 rings (SSSR count). The van der Waals surface area contributed by atoms with E-state index in [1.54, 1.807) is 12.1 Å². The van der Waals surface area contributed by atoms with Gasteiger partial charge in [-0.05, 0) is 62.1 Å². The minimum Gasteiger partial charge on any atom is -0.481 e. The average molecular weight is 319 g/mol. The van der Waals surface area contributed by atoms with Crippen LogP contribution in [0.3, 0.4) is 0 Å². The highest BCUT2D eigenvalue weighted by molar-refractivity contribution is 5.70. The molecule has 2 fully saturated rings. The third-order valence-corrected chi connectivity index (χ3v) is 5.57. The minimum absolute atomic E-state index is 0.179. The number of hydrogen-bond donors (Lipinski definition) is 2. The SMILES string of the molecule is O=C(O)C1CCC(NC(c2cccc(F)c2)C2CCCC2)CC1. The lowest BCUT2D eigenvalue weighted by molar-refractivity contribution is -0.142. The highest BCUT2D eigenvalue weighted by Gasteiger charge is 2.31. The van der Waals surface area contributed by atoms with Crippen LogP contribution in [0.25, 0.3) is 0 Å². The first-order valence-corrected chi connectivity index (χ1v) is 8.88. The van der Waals surface area contributed by atoms with Gasteiger partial charge in [0.1, 0.15) is 5.82 Å². The Balaban J connectivity index is 1.68. The minimum atomic E-state index is -0.666. The molecule has 2 aliphatic carbocycles. The van der Waals surface area contributed by atoms with Gasteiger partial charge in [-0.2, -0.15) is 0 Å². The normalized spacial score (nSPS) is 27.0. The van der Waals surface area contributed by atoms with Crippen LogP contribution in [0.4, 0.5) is 4.39 Å². The van der Waals surface area contributed by atoms with E-state index in [1.807, 2.05) is 6.07 Å². The summed E-state index contributed by atoms with van der Waals surface area (Å²) >= 11 is 0. The van der Waals surface area contributed by atoms with Gasteiger partial charge >= 0.3 is 5.97 Å². The van der Waals surface area contributed by atoms with Crippen LogP contribution in [0, 0.1) is 17.7 Å². The van der Waals surface area contributed by atoms with Gasteiger partial charge in [-0.25, -0.2) is 4.39 Å². The molecule has 2 saturated carbocycles. The second-order valence-corrected chi connectivity index (χ2v) is 7.13. The Bertz CT molecular complexity index is 534. The summed E-state index contributed by atoms with van der Waals surface area (Å²) in [7, 11) is 0. The van der Waals surface area contributed by atoms with Crippen molar-refractivity contribution in [3.05, 3.63) is 35.6 Å². The van der Waals surface area contributed by atoms with Gasteiger partial charge in [-0.15, -0.1) is 0 Å². The van der Waals surface area contributed by atoms with Gasteiger partial charge in [0.05, 0.1) is 5.92 Å². The largest absolute Gasteiger partial charge is 0.481 e. The monoisotopic (exact) mass is 319 g/mol. The fourth-order valence-electron chi connectivity index (χ4n) is 4.26. The number of carboxylic acids is 1. The van der Waals surface area contributed by atoms with E-state index in [0.29, 0.717) is 12.0 Å². The number of aliphatic carboxylic acids is 1. The number of benzene rings is 1. The number of rotatable bonds is 5. The number of nitrogens with one attached hydrogen (secondary N) is 1. The van der Waals surface area contributed by atoms with E-state index < -0.39 is 5.97 Å². The Morgan fingerprint density at radius 3 is 2.43 bits per heavy atom. The smallest absolute Gasteiger partial charge is 0.306 e. The molecule has 1 aromatic carbocycles. The van der Waals surface area contributed by atoms with E-state index in [2.05, 4.69) is 5.32 Å². The summed E-state index contributed by atoms with van der Waals surface area (Å²) in [4.78, 5) is 11.1. The van der Waals surface area contributed by atoms with Crippen molar-refractivity contribution in [3.63, 3.8) is 0 Å². The van der Waals surface area contributed by atoms with Crippen LogP contribution in [0.15, 0.2) is 24.3 Å². The van der Waals surface area contributed by atoms with E-state index in [-0.39, 0.29) is 17.8 Å². The summed E-state index contributed by atoms with van der Waals surface area (Å²) in [6, 6.07) is 7.49. The van der Waals surface area contributed by atoms with Crippen LogP contribution in [0.5, 0.6) is 0 Å². The Morgan fingerprint density at radius 1 is 1.13 bits per heavy atom. The summed E-state index contributed by atoms with van der Waals surface area (Å²) in [6.45, 7) is 0. The van der Waals surface area contributed by atoms with Gasteiger partial charge in [0.25, 0.3) is 0 Å². The maximum atomic E-state index is 13.6. The second-order valence-electron chi connectivity index (χ2n) is 7.13. The van der Waals surface area contributed by atoms with Crippen molar-refractivity contribution in [3.8, 4) is 0 Å². The summed E-state index contributed by atoms with van der Waals surface area (Å²) < 4.78 is 13.6. The van der Waals surface area contributed by atoms with Gasteiger partial charge in [0, 0.05) is 12.1 Å². The van der Waals surface area contributed by atoms with Crippen molar-refractivity contribution in [2.45, 2.75) is 63.5 Å². The fourth-order valence-corrected chi connectivity index (χ4v) is 4.26. The molecular weight excluding hydrogens is 293 g/mol. The Hall–Kier alpha value is -1.42. The average Bonchev–Trinajstić information content (AvgIpc) is 3.07. The molecule has 0 bridgehead atoms. The lowest BCUT2D eigenvalue weighted by atomic mass is 9.84. The molecule has 4 heteroatoms. The maximum absolute atomic E-state index is 13.6. The Kier molecular flexibility index (Phi) is 5.31. The molecule has 23 heavy (non-hydrogen) atoms. The van der Waals surface area contributed by atoms with Gasteiger partial charge in [-0.1, -0.05) is 25.0 Å². The first-order chi connectivity index (χ1) is 11.1. The van der Waals surface area contributed by atoms with Crippen molar-refractivity contribution >= 4 is 5.97 Å². The zero-order valence-electron chi connectivity index (χ0n) is 13.5. The molecule has 0 aliphatic heterocycles. The molecule has 0 aromatic heterocycles. The summed E-state index contributed by atoms with van der Waals surface area (Å²) in [5, 5.41) is 12.9. The lowest BCUT2D eigenvalue weighted by Crippen LogP contribution is -2.39. The molecular formula is C19H26FNO2. The molecule has 126 valence electrons. The van der Waals surface area contributed by atoms with E-state index in [9.17, 15) is 9.18 Å². The molecule has 2 N–H and O–H groups in total. The molecule has 0 spiro atoms. The van der Waals surface area contributed by atoms with Crippen LogP contribution in [0.1, 0.15) is 63.0 Å². The molecule has 0 amide bonds. The lowest BCUT2D eigenvalue weighted by Gasteiger charge is -2.34. The number of halogens is 1. The predicted octanol–water partition coefficient (Wildman–Crippen LogP) is 4.29. The van der Waals surface area contributed by atoms with Gasteiger partial charge in [-0.3, -0.25) is 4.79 Å². The van der Waals surface area contributed by atoms with Crippen molar-refractivity contribution < 1.29 is 14.3 Å². The van der Waals surface area contributed by atoms with E-state index in [1.165, 1.54) is 31.7 Å². The molecule has 0 radical (unpaired) electrons. The summed E-state index contributed by atoms with van der Waals surface area (Å²) in [5.74, 6) is -0.469. The molecule has 1 aromatic rings. The number of carbonyl (C=O) groups is 1. The molecule has 0 saturated heterocycles. The molecule has 3 nitrogen and oxygen atoms in total. The second kappa shape index (κ2) is 7.43. The van der Waals surface area contributed by atoms with Crippen LogP contribution < -0.4 is 5.32 Å². The van der Waals surface area contributed by atoms with Crippen molar-refractivity contribution in [1.82, 2.24) is 5.32 Å². The first kappa shape index (κ1) is 16.4. The first-order valence-electron chi connectivity index (χ1n) is 8.88. The van der Waals surface area contributed by atoms with E-state index in [0.717, 1.165) is 31.2 Å². The number of hydrogen-bond acceptors (Lipinski definition) is 2. The highest BCUT2D eigenvalue weighted by Crippen LogP contribution is 2.37. The van der Waals surface area contributed by atoms with Crippen molar-refractivity contribution in [2.75, 3.05) is 0 Å². The van der Waals surface area contributed by atoms with Gasteiger partial charge in [0.15, 0.2) is 0 Å². The maximum Gasteiger partial charge on any atom is 0.306 e. The summed E-state index contributed by atoms with van der Waals surface area (Å²) in [6.07, 6.45) is 8.18. The fraction of sp³-hybridized carbons (Fsp3) is 0.632. The Morgan fingerprint density at radius 2 is 1.83 bits per heavy atom. The number of carboxylic acid groups (broad SMARTS) is 1. The summed E-state index contributed by atoms with van der Waals surface area (Å²) in [5.41, 5.74) is 1.04. The third kappa shape index (κ3) is 4.11. The van der Waals surface area contributed by atoms with Crippen molar-refractivity contribution in [2.24, 2.45) is 11.8 Å². The topological polar surface area (TPSA) is 49.3 Å². The third-order valence-electron chi connectivity index (χ3n) is 5.57. The van der Waals surface area contributed by atoms with Crippen LogP contribution >= 0.6 is 0 Å². The van der Waals surface area contributed by atoms with E-state index >= 15 is 0 Å². The van der Waals surface area contributed by atoms with Crippen molar-refractivity contribution in [1.29, 1.82) is 0 Å². The molecule has 1 atom stereocenters.